The van der Waals surface area contributed by atoms with E-state index in [9.17, 15) is 4.79 Å². The van der Waals surface area contributed by atoms with Gasteiger partial charge in [-0.15, -0.1) is 0 Å². The fourth-order valence-electron chi connectivity index (χ4n) is 3.55. The van der Waals surface area contributed by atoms with Crippen molar-refractivity contribution in [3.05, 3.63) is 94.3 Å². The number of benzene rings is 2. The molecule has 28 heavy (non-hydrogen) atoms. The number of fused-ring (bicyclic) bond motifs is 1. The van der Waals surface area contributed by atoms with Crippen LogP contribution in [0.3, 0.4) is 0 Å². The van der Waals surface area contributed by atoms with Gasteiger partial charge in [0, 0.05) is 27.9 Å². The largest absolute Gasteiger partial charge is 0.488 e. The molecular weight excluding hydrogens is 370 g/mol. The van der Waals surface area contributed by atoms with Crippen molar-refractivity contribution in [3.8, 4) is 16.9 Å². The van der Waals surface area contributed by atoms with Crippen molar-refractivity contribution in [2.75, 3.05) is 0 Å². The lowest BCUT2D eigenvalue weighted by atomic mass is 10.0. The number of ether oxygens (including phenoxy) is 1. The molecule has 4 aromatic rings. The van der Waals surface area contributed by atoms with E-state index in [1.165, 1.54) is 0 Å². The van der Waals surface area contributed by atoms with Gasteiger partial charge >= 0.3 is 0 Å². The van der Waals surface area contributed by atoms with E-state index in [0.717, 1.165) is 45.4 Å². The Morgan fingerprint density at radius 1 is 0.964 bits per heavy atom. The third-order valence-corrected chi connectivity index (χ3v) is 5.15. The van der Waals surface area contributed by atoms with Crippen molar-refractivity contribution in [2.45, 2.75) is 20.5 Å². The maximum Gasteiger partial charge on any atom is 0.167 e. The maximum absolute atomic E-state index is 12.0. The first-order valence-corrected chi connectivity index (χ1v) is 9.49. The lowest BCUT2D eigenvalue weighted by Crippen LogP contribution is -2.00. The molecule has 0 fully saturated rings. The molecule has 140 valence electrons. The minimum atomic E-state index is 0.444. The van der Waals surface area contributed by atoms with E-state index < -0.39 is 0 Å². The molecule has 4 heteroatoms. The topological polar surface area (TPSA) is 30.7 Å². The van der Waals surface area contributed by atoms with Crippen LogP contribution in [0, 0.1) is 13.8 Å². The molecule has 0 unspecified atom stereocenters. The van der Waals surface area contributed by atoms with Crippen LogP contribution in [0.1, 0.15) is 27.2 Å². The third-order valence-electron chi connectivity index (χ3n) is 4.93. The second-order valence-corrected chi connectivity index (χ2v) is 7.32. The van der Waals surface area contributed by atoms with Crippen LogP contribution in [0.2, 0.25) is 5.02 Å². The Kier molecular flexibility index (Phi) is 4.93. The molecule has 0 aliphatic rings. The number of carbonyl (C=O) groups excluding carboxylic acids is 1. The number of pyridine rings is 1. The highest BCUT2D eigenvalue weighted by Crippen LogP contribution is 2.39. The minimum Gasteiger partial charge on any atom is -0.488 e. The zero-order valence-electron chi connectivity index (χ0n) is 15.8. The van der Waals surface area contributed by atoms with Gasteiger partial charge in [0.15, 0.2) is 6.29 Å². The van der Waals surface area contributed by atoms with Gasteiger partial charge in [0.2, 0.25) is 0 Å². The molecule has 0 atom stereocenters. The van der Waals surface area contributed by atoms with E-state index in [0.29, 0.717) is 17.3 Å². The highest BCUT2D eigenvalue weighted by Gasteiger charge is 2.18. The fraction of sp³-hybridized carbons (Fsp3) is 0.125. The monoisotopic (exact) mass is 389 g/mol. The average molecular weight is 390 g/mol. The molecule has 2 aromatic carbocycles. The van der Waals surface area contributed by atoms with Gasteiger partial charge in [0.1, 0.15) is 12.4 Å². The smallest absolute Gasteiger partial charge is 0.167 e. The number of carbonyl (C=O) groups is 1. The van der Waals surface area contributed by atoms with Crippen molar-refractivity contribution in [1.29, 1.82) is 0 Å². The van der Waals surface area contributed by atoms with Crippen LogP contribution in [0.25, 0.3) is 16.6 Å². The van der Waals surface area contributed by atoms with Crippen molar-refractivity contribution in [2.24, 2.45) is 0 Å². The number of aromatic nitrogens is 1. The summed E-state index contributed by atoms with van der Waals surface area (Å²) >= 11 is 6.36. The first-order valence-electron chi connectivity index (χ1n) is 9.11. The summed E-state index contributed by atoms with van der Waals surface area (Å²) in [5.41, 5.74) is 6.33. The lowest BCUT2D eigenvalue weighted by Gasteiger charge is -2.15. The van der Waals surface area contributed by atoms with Crippen molar-refractivity contribution in [3.63, 3.8) is 0 Å². The van der Waals surface area contributed by atoms with Gasteiger partial charge in [-0.2, -0.15) is 0 Å². The number of halogens is 1. The van der Waals surface area contributed by atoms with Gasteiger partial charge in [-0.05, 0) is 54.8 Å². The van der Waals surface area contributed by atoms with E-state index in [-0.39, 0.29) is 0 Å². The number of aldehydes is 1. The lowest BCUT2D eigenvalue weighted by molar-refractivity contribution is 0.111. The SMILES string of the molecule is Cc1cc(Cl)cc(-c2cc3c(C)cccn3c2C=O)c1OCc1ccccc1. The van der Waals surface area contributed by atoms with Crippen LogP contribution < -0.4 is 4.74 Å². The summed E-state index contributed by atoms with van der Waals surface area (Å²) in [6.45, 7) is 4.44. The Hall–Kier alpha value is -3.04. The second kappa shape index (κ2) is 7.53. The first-order chi connectivity index (χ1) is 13.6. The number of aryl methyl sites for hydroxylation is 2. The molecule has 0 bridgehead atoms. The van der Waals surface area contributed by atoms with E-state index in [1.807, 2.05) is 85.1 Å². The van der Waals surface area contributed by atoms with Gasteiger partial charge in [0.25, 0.3) is 0 Å². The number of nitrogens with zero attached hydrogens (tertiary/aromatic N) is 1. The summed E-state index contributed by atoms with van der Waals surface area (Å²) < 4.78 is 8.12. The quantitative estimate of drug-likeness (QED) is 0.377. The molecule has 0 aliphatic carbocycles. The molecule has 2 aromatic heterocycles. The normalized spacial score (nSPS) is 11.0. The van der Waals surface area contributed by atoms with Gasteiger partial charge in [-0.3, -0.25) is 4.79 Å². The van der Waals surface area contributed by atoms with Crippen LogP contribution >= 0.6 is 11.6 Å². The zero-order valence-corrected chi connectivity index (χ0v) is 16.5. The summed E-state index contributed by atoms with van der Waals surface area (Å²) in [7, 11) is 0. The van der Waals surface area contributed by atoms with Gasteiger partial charge in [-0.1, -0.05) is 48.0 Å². The Balaban J connectivity index is 1.87. The Labute approximate surface area is 169 Å². The third kappa shape index (κ3) is 3.30. The Morgan fingerprint density at radius 3 is 2.50 bits per heavy atom. The van der Waals surface area contributed by atoms with E-state index in [1.54, 1.807) is 0 Å². The number of hydrogen-bond donors (Lipinski definition) is 0. The molecule has 3 nitrogen and oxygen atoms in total. The summed E-state index contributed by atoms with van der Waals surface area (Å²) in [6.07, 6.45) is 2.79. The predicted molar refractivity (Wildman–Crippen MR) is 113 cm³/mol. The summed E-state index contributed by atoms with van der Waals surface area (Å²) in [5, 5.41) is 0.614. The Morgan fingerprint density at radius 2 is 1.75 bits per heavy atom. The molecule has 0 radical (unpaired) electrons. The molecular formula is C24H20ClNO2. The second-order valence-electron chi connectivity index (χ2n) is 6.88. The van der Waals surface area contributed by atoms with Crippen LogP contribution in [0.5, 0.6) is 5.75 Å². The van der Waals surface area contributed by atoms with Crippen LogP contribution in [0.4, 0.5) is 0 Å². The fourth-order valence-corrected chi connectivity index (χ4v) is 3.82. The van der Waals surface area contributed by atoms with Crippen LogP contribution in [-0.4, -0.2) is 10.7 Å². The van der Waals surface area contributed by atoms with Crippen molar-refractivity contribution >= 4 is 23.4 Å². The highest BCUT2D eigenvalue weighted by atomic mass is 35.5. The molecule has 0 N–H and O–H groups in total. The highest BCUT2D eigenvalue weighted by molar-refractivity contribution is 6.31. The van der Waals surface area contributed by atoms with Crippen molar-refractivity contribution < 1.29 is 9.53 Å². The van der Waals surface area contributed by atoms with Gasteiger partial charge in [0.05, 0.1) is 5.69 Å². The zero-order chi connectivity index (χ0) is 19.7. The van der Waals surface area contributed by atoms with Gasteiger partial charge < -0.3 is 9.14 Å². The maximum atomic E-state index is 12.0. The van der Waals surface area contributed by atoms with E-state index in [2.05, 4.69) is 0 Å². The predicted octanol–water partition coefficient (Wildman–Crippen LogP) is 6.27. The first kappa shape index (κ1) is 18.3. The standard InChI is InChI=1S/C24H20ClNO2/c1-16-7-6-10-26-22(16)13-20(23(26)14-27)21-12-19(25)11-17(2)24(21)28-15-18-8-4-3-5-9-18/h3-14H,15H2,1-2H3. The molecule has 0 saturated heterocycles. The van der Waals surface area contributed by atoms with Gasteiger partial charge in [-0.25, -0.2) is 0 Å². The molecule has 0 saturated carbocycles. The summed E-state index contributed by atoms with van der Waals surface area (Å²) in [4.78, 5) is 12.0. The Bertz CT molecular complexity index is 1160. The number of hydrogen-bond acceptors (Lipinski definition) is 2. The minimum absolute atomic E-state index is 0.444. The molecule has 0 amide bonds. The summed E-state index contributed by atoms with van der Waals surface area (Å²) in [6, 6.07) is 19.8. The molecule has 0 spiro atoms. The van der Waals surface area contributed by atoms with E-state index >= 15 is 0 Å². The average Bonchev–Trinajstić information content (AvgIpc) is 3.07. The number of rotatable bonds is 5. The van der Waals surface area contributed by atoms with Crippen molar-refractivity contribution in [1.82, 2.24) is 4.40 Å². The van der Waals surface area contributed by atoms with E-state index in [4.69, 9.17) is 16.3 Å². The molecule has 4 rings (SSSR count). The van der Waals surface area contributed by atoms with Crippen LogP contribution in [0.15, 0.2) is 66.9 Å². The molecule has 0 aliphatic heterocycles. The summed E-state index contributed by atoms with van der Waals surface area (Å²) in [5.74, 6) is 0.741. The molecule has 2 heterocycles. The van der Waals surface area contributed by atoms with Crippen LogP contribution in [-0.2, 0) is 6.61 Å².